The molecular formula is C22H20N2O4. The van der Waals surface area contributed by atoms with Gasteiger partial charge in [-0.25, -0.2) is 4.79 Å². The van der Waals surface area contributed by atoms with Crippen LogP contribution < -0.4 is 5.73 Å². The first-order chi connectivity index (χ1) is 13.4. The van der Waals surface area contributed by atoms with Crippen LogP contribution in [-0.2, 0) is 17.6 Å². The number of pyridine rings is 1. The number of benzene rings is 2. The molecule has 3 rings (SSSR count). The molecule has 3 aromatic rings. The minimum absolute atomic E-state index is 0.192. The molecule has 28 heavy (non-hydrogen) atoms. The fourth-order valence-electron chi connectivity index (χ4n) is 3.05. The number of carbonyl (C=O) groups is 2. The number of aromatic nitrogens is 1. The summed E-state index contributed by atoms with van der Waals surface area (Å²) in [5, 5.41) is 18.3. The molecule has 1 heterocycles. The van der Waals surface area contributed by atoms with Crippen LogP contribution in [0.15, 0.2) is 66.9 Å². The molecule has 1 atom stereocenters. The number of rotatable bonds is 7. The SMILES string of the molecule is NC(Cc1cccc(-c2cccc(Cc3ncccc3C(=O)O)c2)c1)C(=O)O. The lowest BCUT2D eigenvalue weighted by Crippen LogP contribution is -2.32. The van der Waals surface area contributed by atoms with Crippen molar-refractivity contribution in [2.45, 2.75) is 18.9 Å². The quantitative estimate of drug-likeness (QED) is 0.584. The third kappa shape index (κ3) is 4.61. The Morgan fingerprint density at radius 2 is 1.57 bits per heavy atom. The second kappa shape index (κ2) is 8.45. The second-order valence-corrected chi connectivity index (χ2v) is 6.53. The minimum atomic E-state index is -1.03. The molecule has 0 aliphatic heterocycles. The van der Waals surface area contributed by atoms with E-state index in [9.17, 15) is 14.7 Å². The Kier molecular flexibility index (Phi) is 5.81. The molecule has 0 spiro atoms. The molecule has 1 aromatic heterocycles. The summed E-state index contributed by atoms with van der Waals surface area (Å²) in [6.45, 7) is 0. The zero-order valence-corrected chi connectivity index (χ0v) is 15.1. The van der Waals surface area contributed by atoms with Crippen LogP contribution in [0.2, 0.25) is 0 Å². The fourth-order valence-corrected chi connectivity index (χ4v) is 3.05. The molecular weight excluding hydrogens is 356 g/mol. The van der Waals surface area contributed by atoms with Crippen molar-refractivity contribution in [3.05, 3.63) is 89.2 Å². The second-order valence-electron chi connectivity index (χ2n) is 6.53. The molecule has 0 saturated heterocycles. The predicted molar refractivity (Wildman–Crippen MR) is 105 cm³/mol. The lowest BCUT2D eigenvalue weighted by molar-refractivity contribution is -0.138. The van der Waals surface area contributed by atoms with Gasteiger partial charge in [0.15, 0.2) is 0 Å². The van der Waals surface area contributed by atoms with Crippen molar-refractivity contribution in [2.75, 3.05) is 0 Å². The number of nitrogens with two attached hydrogens (primary N) is 1. The summed E-state index contributed by atoms with van der Waals surface area (Å²) < 4.78 is 0. The van der Waals surface area contributed by atoms with Gasteiger partial charge in [-0.1, -0.05) is 48.5 Å². The highest BCUT2D eigenvalue weighted by Gasteiger charge is 2.13. The molecule has 6 heteroatoms. The van der Waals surface area contributed by atoms with E-state index in [1.807, 2.05) is 48.5 Å². The molecule has 1 unspecified atom stereocenters. The van der Waals surface area contributed by atoms with Crippen LogP contribution in [-0.4, -0.2) is 33.2 Å². The first-order valence-electron chi connectivity index (χ1n) is 8.78. The molecule has 0 amide bonds. The fraction of sp³-hybridized carbons (Fsp3) is 0.136. The van der Waals surface area contributed by atoms with Crippen molar-refractivity contribution in [1.29, 1.82) is 0 Å². The molecule has 0 saturated carbocycles. The van der Waals surface area contributed by atoms with Crippen LogP contribution in [0.4, 0.5) is 0 Å². The molecule has 0 bridgehead atoms. The number of hydrogen-bond acceptors (Lipinski definition) is 4. The van der Waals surface area contributed by atoms with Gasteiger partial charge in [0, 0.05) is 12.6 Å². The maximum atomic E-state index is 11.4. The maximum absolute atomic E-state index is 11.4. The van der Waals surface area contributed by atoms with E-state index >= 15 is 0 Å². The molecule has 4 N–H and O–H groups in total. The Morgan fingerprint density at radius 1 is 0.929 bits per heavy atom. The van der Waals surface area contributed by atoms with E-state index in [1.54, 1.807) is 18.3 Å². The van der Waals surface area contributed by atoms with Crippen LogP contribution in [0.5, 0.6) is 0 Å². The van der Waals surface area contributed by atoms with Crippen LogP contribution >= 0.6 is 0 Å². The van der Waals surface area contributed by atoms with E-state index in [-0.39, 0.29) is 12.0 Å². The first kappa shape index (κ1) is 19.3. The molecule has 2 aromatic carbocycles. The number of aromatic carboxylic acids is 1. The topological polar surface area (TPSA) is 114 Å². The van der Waals surface area contributed by atoms with E-state index in [0.29, 0.717) is 12.1 Å². The summed E-state index contributed by atoms with van der Waals surface area (Å²) in [5.74, 6) is -2.03. The van der Waals surface area contributed by atoms with Crippen LogP contribution in [0, 0.1) is 0 Å². The van der Waals surface area contributed by atoms with Gasteiger partial charge in [0.1, 0.15) is 6.04 Å². The summed E-state index contributed by atoms with van der Waals surface area (Å²) in [7, 11) is 0. The van der Waals surface area contributed by atoms with Crippen molar-refractivity contribution in [3.63, 3.8) is 0 Å². The summed E-state index contributed by atoms with van der Waals surface area (Å²) in [5.41, 5.74) is 10.0. The molecule has 0 aliphatic carbocycles. The van der Waals surface area contributed by atoms with Crippen molar-refractivity contribution in [2.24, 2.45) is 5.73 Å². The van der Waals surface area contributed by atoms with Gasteiger partial charge in [-0.15, -0.1) is 0 Å². The highest BCUT2D eigenvalue weighted by atomic mass is 16.4. The van der Waals surface area contributed by atoms with Crippen LogP contribution in [0.25, 0.3) is 11.1 Å². The Balaban J connectivity index is 1.86. The average molecular weight is 376 g/mol. The van der Waals surface area contributed by atoms with Crippen molar-refractivity contribution >= 4 is 11.9 Å². The highest BCUT2D eigenvalue weighted by Crippen LogP contribution is 2.23. The third-order valence-corrected chi connectivity index (χ3v) is 4.45. The van der Waals surface area contributed by atoms with E-state index in [2.05, 4.69) is 4.98 Å². The van der Waals surface area contributed by atoms with Gasteiger partial charge in [-0.3, -0.25) is 9.78 Å². The van der Waals surface area contributed by atoms with Crippen molar-refractivity contribution in [3.8, 4) is 11.1 Å². The van der Waals surface area contributed by atoms with Crippen LogP contribution in [0.3, 0.4) is 0 Å². The van der Waals surface area contributed by atoms with E-state index in [0.717, 1.165) is 22.3 Å². The number of carboxylic acids is 2. The Hall–Kier alpha value is -3.51. The maximum Gasteiger partial charge on any atom is 0.337 e. The molecule has 6 nitrogen and oxygen atoms in total. The van der Waals surface area contributed by atoms with E-state index in [1.165, 1.54) is 0 Å². The predicted octanol–water partition coefficient (Wildman–Crippen LogP) is 2.99. The molecule has 142 valence electrons. The summed E-state index contributed by atoms with van der Waals surface area (Å²) in [4.78, 5) is 26.6. The number of nitrogens with zero attached hydrogens (tertiary/aromatic N) is 1. The van der Waals surface area contributed by atoms with Gasteiger partial charge in [0.2, 0.25) is 0 Å². The first-order valence-corrected chi connectivity index (χ1v) is 8.78. The van der Waals surface area contributed by atoms with Gasteiger partial charge in [-0.2, -0.15) is 0 Å². The summed E-state index contributed by atoms with van der Waals surface area (Å²) in [6, 6.07) is 17.6. The smallest absolute Gasteiger partial charge is 0.337 e. The van der Waals surface area contributed by atoms with Gasteiger partial charge >= 0.3 is 11.9 Å². The average Bonchev–Trinajstić information content (AvgIpc) is 2.68. The van der Waals surface area contributed by atoms with Crippen molar-refractivity contribution in [1.82, 2.24) is 4.98 Å². The summed E-state index contributed by atoms with van der Waals surface area (Å²) in [6.07, 6.45) is 2.24. The van der Waals surface area contributed by atoms with E-state index in [4.69, 9.17) is 10.8 Å². The van der Waals surface area contributed by atoms with Gasteiger partial charge in [0.25, 0.3) is 0 Å². The Bertz CT molecular complexity index is 1020. The zero-order valence-electron chi connectivity index (χ0n) is 15.1. The van der Waals surface area contributed by atoms with Gasteiger partial charge in [0.05, 0.1) is 11.3 Å². The third-order valence-electron chi connectivity index (χ3n) is 4.45. The highest BCUT2D eigenvalue weighted by molar-refractivity contribution is 5.88. The number of aliphatic carboxylic acids is 1. The Morgan fingerprint density at radius 3 is 2.21 bits per heavy atom. The van der Waals surface area contributed by atoms with Crippen molar-refractivity contribution < 1.29 is 19.8 Å². The zero-order chi connectivity index (χ0) is 20.1. The minimum Gasteiger partial charge on any atom is -0.480 e. The number of hydrogen-bond donors (Lipinski definition) is 3. The number of carboxylic acid groups (broad SMARTS) is 2. The van der Waals surface area contributed by atoms with Gasteiger partial charge in [-0.05, 0) is 40.8 Å². The summed E-state index contributed by atoms with van der Waals surface area (Å²) >= 11 is 0. The lowest BCUT2D eigenvalue weighted by atomic mass is 9.97. The largest absolute Gasteiger partial charge is 0.480 e. The van der Waals surface area contributed by atoms with Crippen LogP contribution in [0.1, 0.15) is 27.2 Å². The lowest BCUT2D eigenvalue weighted by Gasteiger charge is -2.10. The Labute approximate surface area is 162 Å². The van der Waals surface area contributed by atoms with Gasteiger partial charge < -0.3 is 15.9 Å². The monoisotopic (exact) mass is 376 g/mol. The van der Waals surface area contributed by atoms with E-state index < -0.39 is 18.0 Å². The molecule has 0 fully saturated rings. The molecule has 0 aliphatic rings. The normalized spacial score (nSPS) is 11.8. The molecule has 0 radical (unpaired) electrons. The standard InChI is InChI=1S/C22H20N2O4/c23-19(22(27)28)12-14-4-1-6-16(10-14)17-7-2-5-15(11-17)13-20-18(21(25)26)8-3-9-24-20/h1-11,19H,12-13,23H2,(H,25,26)(H,27,28).